The van der Waals surface area contributed by atoms with Crippen molar-refractivity contribution in [2.24, 2.45) is 21.9 Å². The van der Waals surface area contributed by atoms with Gasteiger partial charge in [-0.15, -0.1) is 0 Å². The van der Waals surface area contributed by atoms with Gasteiger partial charge >= 0.3 is 12.1 Å². The summed E-state index contributed by atoms with van der Waals surface area (Å²) in [7, 11) is 0. The zero-order chi connectivity index (χ0) is 17.8. The molecule has 0 amide bonds. The van der Waals surface area contributed by atoms with Gasteiger partial charge in [0.2, 0.25) is 0 Å². The largest absolute Gasteiger partial charge is 0.416 e. The molecule has 2 aliphatic rings. The maximum atomic E-state index is 12.7. The van der Waals surface area contributed by atoms with Gasteiger partial charge in [0.15, 0.2) is 0 Å². The smallest absolute Gasteiger partial charge is 0.313 e. The summed E-state index contributed by atoms with van der Waals surface area (Å²) in [6, 6.07) is 4.19. The molecule has 2 saturated carbocycles. The molecule has 2 fully saturated rings. The summed E-state index contributed by atoms with van der Waals surface area (Å²) >= 11 is 0. The molecule has 0 saturated heterocycles. The van der Waals surface area contributed by atoms with Gasteiger partial charge in [-0.3, -0.25) is 0 Å². The lowest BCUT2D eigenvalue weighted by Gasteiger charge is -2.34. The lowest BCUT2D eigenvalue weighted by molar-refractivity contribution is -0.137. The van der Waals surface area contributed by atoms with E-state index in [0.717, 1.165) is 37.1 Å². The lowest BCUT2D eigenvalue weighted by Crippen LogP contribution is -2.36. The molecule has 1 aromatic carbocycles. The molecule has 130 valence electrons. The minimum Gasteiger partial charge on any atom is -0.313 e. The number of benzene rings is 1. The number of hydrogen-bond acceptors (Lipinski definition) is 3. The number of hydrogen-bond donors (Lipinski definition) is 0. The van der Waals surface area contributed by atoms with E-state index in [1.54, 1.807) is 0 Å². The van der Waals surface area contributed by atoms with E-state index in [1.165, 1.54) is 12.1 Å². The molecule has 3 rings (SSSR count). The third-order valence-electron chi connectivity index (χ3n) is 5.59. The van der Waals surface area contributed by atoms with Gasteiger partial charge in [-0.05, 0) is 43.4 Å². The third kappa shape index (κ3) is 2.72. The van der Waals surface area contributed by atoms with Gasteiger partial charge in [-0.1, -0.05) is 32.0 Å². The third-order valence-corrected chi connectivity index (χ3v) is 5.59. The van der Waals surface area contributed by atoms with Crippen molar-refractivity contribution < 1.29 is 22.8 Å². The Kier molecular flexibility index (Phi) is 3.77. The van der Waals surface area contributed by atoms with Crippen LogP contribution in [0.5, 0.6) is 0 Å². The molecular formula is C18H20F3NO2. The van der Waals surface area contributed by atoms with Crippen molar-refractivity contribution in [1.29, 1.82) is 0 Å². The van der Waals surface area contributed by atoms with Crippen molar-refractivity contribution in [1.82, 2.24) is 0 Å². The van der Waals surface area contributed by atoms with Crippen LogP contribution in [0.4, 0.5) is 13.2 Å². The Bertz CT molecular complexity index is 702. The van der Waals surface area contributed by atoms with Crippen molar-refractivity contribution in [3.63, 3.8) is 0 Å². The van der Waals surface area contributed by atoms with E-state index in [-0.39, 0.29) is 16.4 Å². The summed E-state index contributed by atoms with van der Waals surface area (Å²) in [6.07, 6.45) is -1.35. The Morgan fingerprint density at radius 2 is 2.00 bits per heavy atom. The maximum absolute atomic E-state index is 12.7. The van der Waals surface area contributed by atoms with Gasteiger partial charge in [0.05, 0.1) is 16.8 Å². The average molecular weight is 339 g/mol. The second-order valence-electron chi connectivity index (χ2n) is 7.62. The molecule has 1 unspecified atom stereocenters. The van der Waals surface area contributed by atoms with Gasteiger partial charge in [-0.2, -0.15) is 13.2 Å². The molecule has 3 nitrogen and oxygen atoms in total. The van der Waals surface area contributed by atoms with Crippen LogP contribution in [0.3, 0.4) is 0 Å². The summed E-state index contributed by atoms with van der Waals surface area (Å²) in [5.41, 5.74) is -0.424. The van der Waals surface area contributed by atoms with Crippen molar-refractivity contribution in [2.75, 3.05) is 0 Å². The van der Waals surface area contributed by atoms with Crippen LogP contribution < -0.4 is 0 Å². The molecule has 0 aliphatic heterocycles. The normalized spacial score (nSPS) is 29.9. The Morgan fingerprint density at radius 3 is 2.58 bits per heavy atom. The second-order valence-corrected chi connectivity index (χ2v) is 7.62. The average Bonchev–Trinajstić information content (AvgIpc) is 2.97. The summed E-state index contributed by atoms with van der Waals surface area (Å²) < 4.78 is 38.2. The quantitative estimate of drug-likeness (QED) is 0.558. The Hall–Kier alpha value is -1.85. The lowest BCUT2D eigenvalue weighted by atomic mass is 9.71. The molecule has 0 heterocycles. The number of rotatable bonds is 2. The number of alkyl halides is 3. The van der Waals surface area contributed by atoms with E-state index in [1.807, 2.05) is 0 Å². The van der Waals surface area contributed by atoms with E-state index in [2.05, 4.69) is 25.9 Å². The Labute approximate surface area is 138 Å². The van der Waals surface area contributed by atoms with Crippen LogP contribution in [0, 0.1) is 16.7 Å². The molecule has 6 heteroatoms. The number of halogens is 3. The fraction of sp³-hybridized carbons (Fsp3) is 0.556. The van der Waals surface area contributed by atoms with Crippen LogP contribution in [0.15, 0.2) is 29.4 Å². The fourth-order valence-corrected chi connectivity index (χ4v) is 4.23. The van der Waals surface area contributed by atoms with E-state index in [0.29, 0.717) is 5.92 Å². The first kappa shape index (κ1) is 17.0. The Balaban J connectivity index is 1.81. The van der Waals surface area contributed by atoms with E-state index >= 15 is 0 Å². The minimum atomic E-state index is -4.50. The summed E-state index contributed by atoms with van der Waals surface area (Å²) in [5.74, 6) is -0.357. The number of carbonyl (C=O) groups is 1. The first-order chi connectivity index (χ1) is 11.0. The van der Waals surface area contributed by atoms with Crippen molar-refractivity contribution in [2.45, 2.75) is 46.2 Å². The number of oxime groups is 1. The van der Waals surface area contributed by atoms with E-state index in [9.17, 15) is 18.0 Å². The molecule has 24 heavy (non-hydrogen) atoms. The van der Waals surface area contributed by atoms with E-state index < -0.39 is 17.7 Å². The van der Waals surface area contributed by atoms with Crippen LogP contribution in [-0.4, -0.2) is 11.7 Å². The molecule has 2 aliphatic carbocycles. The molecule has 0 aromatic heterocycles. The Morgan fingerprint density at radius 1 is 1.29 bits per heavy atom. The van der Waals surface area contributed by atoms with Crippen LogP contribution in [0.25, 0.3) is 0 Å². The van der Waals surface area contributed by atoms with Crippen LogP contribution in [0.2, 0.25) is 0 Å². The van der Waals surface area contributed by atoms with Crippen LogP contribution in [0.1, 0.15) is 56.0 Å². The van der Waals surface area contributed by atoms with Gasteiger partial charge in [0, 0.05) is 10.8 Å². The van der Waals surface area contributed by atoms with Crippen LogP contribution in [-0.2, 0) is 11.0 Å². The minimum absolute atomic E-state index is 0.0811. The zero-order valence-electron chi connectivity index (χ0n) is 13.9. The van der Waals surface area contributed by atoms with Crippen molar-refractivity contribution >= 4 is 11.7 Å². The second kappa shape index (κ2) is 5.33. The standard InChI is InChI=1S/C18H20F3NO2/c1-16(2)13-7-8-17(3,10-13)15(16)22-24-14(23)11-5-4-6-12(9-11)18(19,20)21/h4-6,9,13H,7-8,10H2,1-3H3/b22-15+/t13?,17-/m1/s1. The predicted octanol–water partition coefficient (Wildman–Crippen LogP) is 5.06. The fourth-order valence-electron chi connectivity index (χ4n) is 4.23. The number of nitrogens with zero attached hydrogens (tertiary/aromatic N) is 1. The molecule has 2 atom stereocenters. The highest BCUT2D eigenvalue weighted by molar-refractivity contribution is 5.98. The summed E-state index contributed by atoms with van der Waals surface area (Å²) in [6.45, 7) is 6.27. The van der Waals surface area contributed by atoms with Crippen molar-refractivity contribution in [3.05, 3.63) is 35.4 Å². The monoisotopic (exact) mass is 339 g/mol. The van der Waals surface area contributed by atoms with Crippen molar-refractivity contribution in [3.8, 4) is 0 Å². The summed E-state index contributed by atoms with van der Waals surface area (Å²) in [5, 5.41) is 4.08. The molecule has 1 aromatic rings. The van der Waals surface area contributed by atoms with Gasteiger partial charge in [0.1, 0.15) is 0 Å². The summed E-state index contributed by atoms with van der Waals surface area (Å²) in [4.78, 5) is 17.1. The molecular weight excluding hydrogens is 319 g/mol. The molecule has 0 radical (unpaired) electrons. The maximum Gasteiger partial charge on any atom is 0.416 e. The molecule has 2 bridgehead atoms. The van der Waals surface area contributed by atoms with Crippen LogP contribution >= 0.6 is 0 Å². The highest BCUT2D eigenvalue weighted by Crippen LogP contribution is 2.60. The van der Waals surface area contributed by atoms with Gasteiger partial charge in [0.25, 0.3) is 0 Å². The highest BCUT2D eigenvalue weighted by Gasteiger charge is 2.57. The topological polar surface area (TPSA) is 38.7 Å². The number of fused-ring (bicyclic) bond motifs is 2. The van der Waals surface area contributed by atoms with Gasteiger partial charge in [-0.25, -0.2) is 4.79 Å². The molecule has 0 N–H and O–H groups in total. The number of carbonyl (C=O) groups excluding carboxylic acids is 1. The van der Waals surface area contributed by atoms with E-state index in [4.69, 9.17) is 4.84 Å². The van der Waals surface area contributed by atoms with Gasteiger partial charge < -0.3 is 4.84 Å². The predicted molar refractivity (Wildman–Crippen MR) is 83.5 cm³/mol. The first-order valence-corrected chi connectivity index (χ1v) is 8.02. The highest BCUT2D eigenvalue weighted by atomic mass is 19.4. The SMILES string of the molecule is CC1(C)/C(=N\OC(=O)c2cccc(C(F)(F)F)c2)[C@]2(C)CCC1C2. The molecule has 0 spiro atoms. The zero-order valence-corrected chi connectivity index (χ0v) is 13.9. The first-order valence-electron chi connectivity index (χ1n) is 8.02.